The van der Waals surface area contributed by atoms with Crippen LogP contribution in [0.1, 0.15) is 70.1 Å². The van der Waals surface area contributed by atoms with Crippen LogP contribution in [0.2, 0.25) is 0 Å². The van der Waals surface area contributed by atoms with Crippen molar-refractivity contribution in [2.45, 2.75) is 38.8 Å². The van der Waals surface area contributed by atoms with Crippen molar-refractivity contribution in [1.29, 1.82) is 0 Å². The second kappa shape index (κ2) is 15.0. The summed E-state index contributed by atoms with van der Waals surface area (Å²) < 4.78 is 13.4. The summed E-state index contributed by atoms with van der Waals surface area (Å²) >= 11 is 0. The minimum Gasteiger partial charge on any atom is -0.466 e. The molecule has 2 amide bonds. The molecule has 4 N–H and O–H groups in total. The van der Waals surface area contributed by atoms with E-state index < -0.39 is 0 Å². The van der Waals surface area contributed by atoms with Gasteiger partial charge in [0.05, 0.1) is 43.8 Å². The average Bonchev–Trinajstić information content (AvgIpc) is 3.67. The molecule has 0 saturated heterocycles. The number of ketones is 1. The number of hydrogen-bond acceptors (Lipinski definition) is 11. The van der Waals surface area contributed by atoms with E-state index >= 15 is 0 Å². The number of carbonyl (C=O) groups is 5. The van der Waals surface area contributed by atoms with Gasteiger partial charge in [-0.3, -0.25) is 24.0 Å². The molecule has 3 aromatic heterocycles. The van der Waals surface area contributed by atoms with Gasteiger partial charge in [-0.2, -0.15) is 0 Å². The predicted molar refractivity (Wildman–Crippen MR) is 167 cm³/mol. The van der Waals surface area contributed by atoms with Crippen LogP contribution in [0.5, 0.6) is 0 Å². The lowest BCUT2D eigenvalue weighted by atomic mass is 10.1. The topological polar surface area (TPSA) is 193 Å². The summed E-state index contributed by atoms with van der Waals surface area (Å²) in [6.07, 6.45) is 8.43. The maximum absolute atomic E-state index is 12.2. The molecule has 5 heterocycles. The van der Waals surface area contributed by atoms with E-state index in [1.165, 1.54) is 6.08 Å². The van der Waals surface area contributed by atoms with Crippen molar-refractivity contribution in [2.75, 3.05) is 46.1 Å². The Hall–Kier alpha value is -5.47. The highest BCUT2D eigenvalue weighted by molar-refractivity contribution is 6.06. The SMILES string of the molecule is CCOC(=O)CC1CNC(=O)c2cc(-c3ccnc(N)n3)cn21.CCOC(=O)CC1CNC(=O)c2cc(C(=O)/C=C/N(C)C)cn21. The van der Waals surface area contributed by atoms with E-state index in [0.29, 0.717) is 48.9 Å². The van der Waals surface area contributed by atoms with Crippen LogP contribution in [0.15, 0.2) is 49.1 Å². The summed E-state index contributed by atoms with van der Waals surface area (Å²) in [5, 5.41) is 5.52. The van der Waals surface area contributed by atoms with Gasteiger partial charge < -0.3 is 39.9 Å². The number of esters is 2. The largest absolute Gasteiger partial charge is 0.466 e. The molecule has 3 aromatic rings. The lowest BCUT2D eigenvalue weighted by Gasteiger charge is -2.25. The Morgan fingerprint density at radius 1 is 0.957 bits per heavy atom. The number of amides is 2. The van der Waals surface area contributed by atoms with Gasteiger partial charge in [0, 0.05) is 69.2 Å². The molecule has 244 valence electrons. The highest BCUT2D eigenvalue weighted by Crippen LogP contribution is 2.27. The van der Waals surface area contributed by atoms with Crippen LogP contribution in [0.3, 0.4) is 0 Å². The van der Waals surface area contributed by atoms with Crippen molar-refractivity contribution in [1.82, 2.24) is 34.6 Å². The zero-order chi connectivity index (χ0) is 33.4. The number of nitrogen functional groups attached to an aromatic ring is 1. The normalized spacial score (nSPS) is 16.7. The van der Waals surface area contributed by atoms with Crippen LogP contribution in [-0.2, 0) is 19.1 Å². The molecule has 46 heavy (non-hydrogen) atoms. The van der Waals surface area contributed by atoms with Gasteiger partial charge in [-0.25, -0.2) is 9.97 Å². The first-order chi connectivity index (χ1) is 22.0. The number of nitrogens with one attached hydrogen (secondary N) is 2. The molecular formula is C31H38N8O7. The number of nitrogens with two attached hydrogens (primary N) is 1. The molecule has 0 radical (unpaired) electrons. The first-order valence-electron chi connectivity index (χ1n) is 14.8. The van der Waals surface area contributed by atoms with Gasteiger partial charge in [-0.15, -0.1) is 0 Å². The fourth-order valence-electron chi connectivity index (χ4n) is 5.01. The Kier molecular flexibility index (Phi) is 10.9. The van der Waals surface area contributed by atoms with E-state index in [1.807, 2.05) is 14.1 Å². The zero-order valence-corrected chi connectivity index (χ0v) is 26.2. The molecule has 0 fully saturated rings. The van der Waals surface area contributed by atoms with Gasteiger partial charge in [0.2, 0.25) is 5.95 Å². The number of aromatic nitrogens is 4. The molecule has 0 bridgehead atoms. The summed E-state index contributed by atoms with van der Waals surface area (Å²) in [5.41, 5.74) is 8.27. The van der Waals surface area contributed by atoms with Crippen molar-refractivity contribution >= 4 is 35.5 Å². The van der Waals surface area contributed by atoms with Crippen molar-refractivity contribution < 1.29 is 33.4 Å². The molecule has 0 saturated carbocycles. The van der Waals surface area contributed by atoms with E-state index in [0.717, 1.165) is 5.56 Å². The van der Waals surface area contributed by atoms with E-state index in [1.54, 1.807) is 70.9 Å². The number of ether oxygens (including phenoxy) is 2. The van der Waals surface area contributed by atoms with Gasteiger partial charge in [0.15, 0.2) is 5.78 Å². The summed E-state index contributed by atoms with van der Waals surface area (Å²) in [7, 11) is 3.63. The average molecular weight is 635 g/mol. The number of carbonyl (C=O) groups excluding carboxylic acids is 5. The lowest BCUT2D eigenvalue weighted by molar-refractivity contribution is -0.145. The number of nitrogens with zero attached hydrogens (tertiary/aromatic N) is 5. The Bertz CT molecular complexity index is 1640. The molecular weight excluding hydrogens is 596 g/mol. The number of anilines is 1. The summed E-state index contributed by atoms with van der Waals surface area (Å²) in [4.78, 5) is 69.4. The second-order valence-electron chi connectivity index (χ2n) is 10.7. The number of fused-ring (bicyclic) bond motifs is 2. The lowest BCUT2D eigenvalue weighted by Crippen LogP contribution is -2.39. The van der Waals surface area contributed by atoms with E-state index in [-0.39, 0.29) is 60.4 Å². The maximum atomic E-state index is 12.2. The van der Waals surface area contributed by atoms with Gasteiger partial charge in [0.1, 0.15) is 11.4 Å². The Morgan fingerprint density at radius 3 is 2.07 bits per heavy atom. The first kappa shape index (κ1) is 33.4. The fraction of sp³-hybridized carbons (Fsp3) is 0.387. The number of hydrogen-bond donors (Lipinski definition) is 3. The quantitative estimate of drug-likeness (QED) is 0.167. The molecule has 0 aromatic carbocycles. The molecule has 2 unspecified atom stereocenters. The van der Waals surface area contributed by atoms with Gasteiger partial charge in [-0.05, 0) is 32.0 Å². The van der Waals surface area contributed by atoms with Crippen molar-refractivity contribution in [3.63, 3.8) is 0 Å². The second-order valence-corrected chi connectivity index (χ2v) is 10.7. The van der Waals surface area contributed by atoms with Gasteiger partial charge >= 0.3 is 11.9 Å². The van der Waals surface area contributed by atoms with Crippen LogP contribution < -0.4 is 16.4 Å². The van der Waals surface area contributed by atoms with E-state index in [9.17, 15) is 24.0 Å². The van der Waals surface area contributed by atoms with E-state index in [4.69, 9.17) is 15.2 Å². The first-order valence-corrected chi connectivity index (χ1v) is 14.8. The van der Waals surface area contributed by atoms with E-state index in [2.05, 4.69) is 20.6 Å². The molecule has 2 aliphatic rings. The molecule has 2 aliphatic heterocycles. The third-order valence-electron chi connectivity index (χ3n) is 7.14. The Labute approximate surface area is 265 Å². The molecule has 15 heteroatoms. The van der Waals surface area contributed by atoms with Gasteiger partial charge in [-0.1, -0.05) is 0 Å². The molecule has 0 aliphatic carbocycles. The van der Waals surface area contributed by atoms with Crippen LogP contribution >= 0.6 is 0 Å². The summed E-state index contributed by atoms with van der Waals surface area (Å²) in [6.45, 7) is 4.87. The van der Waals surface area contributed by atoms with Crippen LogP contribution in [0, 0.1) is 0 Å². The molecule has 15 nitrogen and oxygen atoms in total. The standard InChI is InChI=1S/C16H21N3O4.C15H17N5O3/c1-4-23-15(21)8-12-9-17-16(22)13-7-11(10-19(12)13)14(20)5-6-18(2)3;1-2-23-13(21)6-10-7-18-14(22)12-5-9(8-20(10)12)11-3-4-17-15(16)19-11/h5-7,10,12H,4,8-9H2,1-3H3,(H,17,22);3-5,8,10H,2,6-7H2,1H3,(H,18,22)(H2,16,17,19)/b6-5+;. The monoisotopic (exact) mass is 634 g/mol. The highest BCUT2D eigenvalue weighted by atomic mass is 16.5. The van der Waals surface area contributed by atoms with Crippen LogP contribution in [-0.4, -0.2) is 93.9 Å². The third kappa shape index (κ3) is 8.16. The van der Waals surface area contributed by atoms with Crippen LogP contribution in [0.4, 0.5) is 5.95 Å². The minimum atomic E-state index is -0.325. The van der Waals surface area contributed by atoms with Crippen molar-refractivity contribution in [2.24, 2.45) is 0 Å². The fourth-order valence-corrected chi connectivity index (χ4v) is 5.01. The summed E-state index contributed by atoms with van der Waals surface area (Å²) in [6, 6.07) is 4.56. The third-order valence-corrected chi connectivity index (χ3v) is 7.14. The number of allylic oxidation sites excluding steroid dienone is 1. The highest BCUT2D eigenvalue weighted by Gasteiger charge is 2.29. The van der Waals surface area contributed by atoms with Crippen molar-refractivity contribution in [3.8, 4) is 11.3 Å². The summed E-state index contributed by atoms with van der Waals surface area (Å²) in [5.74, 6) is -1.07. The Balaban J connectivity index is 0.000000209. The minimum absolute atomic E-state index is 0.150. The molecule has 0 spiro atoms. The van der Waals surface area contributed by atoms with Crippen LogP contribution in [0.25, 0.3) is 11.3 Å². The van der Waals surface area contributed by atoms with Crippen molar-refractivity contribution in [3.05, 3.63) is 66.0 Å². The zero-order valence-electron chi connectivity index (χ0n) is 26.2. The molecule has 2 atom stereocenters. The van der Waals surface area contributed by atoms with Gasteiger partial charge in [0.25, 0.3) is 11.8 Å². The smallest absolute Gasteiger partial charge is 0.307 e. The molecule has 5 rings (SSSR count). The Morgan fingerprint density at radius 2 is 1.52 bits per heavy atom. The predicted octanol–water partition coefficient (Wildman–Crippen LogP) is 1.75. The maximum Gasteiger partial charge on any atom is 0.307 e. The number of rotatable bonds is 10.